The topological polar surface area (TPSA) is 134 Å². The number of anilines is 4. The Labute approximate surface area is 351 Å². The number of nitrogens with one attached hydrogen (secondary N) is 1. The van der Waals surface area contributed by atoms with Crippen LogP contribution in [0.1, 0.15) is 112 Å². The van der Waals surface area contributed by atoms with Crippen molar-refractivity contribution in [2.45, 2.75) is 117 Å². The number of carbonyl (C=O) groups is 1. The molecular weight excluding hydrogens is 759 g/mol. The molecule has 12 nitrogen and oxygen atoms in total. The molecule has 0 saturated heterocycles. The molecule has 13 heteroatoms. The van der Waals surface area contributed by atoms with Crippen LogP contribution < -0.4 is 10.2 Å². The SMILES string of the molecule is CCCCCN(C)CCOC12CC3(C)CC(C)(CC(Cn4ncc(-c5ccc(N6CCCc7c6nnc(Nc6nc8ccccc8s6)c7C)nc5C(=O)O)c4C)(C3)C1)C2. The van der Waals surface area contributed by atoms with E-state index in [-0.39, 0.29) is 27.5 Å². The third-order valence-corrected chi connectivity index (χ3v) is 14.8. The van der Waals surface area contributed by atoms with Gasteiger partial charge in [-0.2, -0.15) is 5.10 Å². The molecule has 5 heterocycles. The zero-order valence-corrected chi connectivity index (χ0v) is 36.4. The number of aromatic carboxylic acids is 1. The van der Waals surface area contributed by atoms with E-state index in [0.29, 0.717) is 29.6 Å². The maximum absolute atomic E-state index is 13.0. The van der Waals surface area contributed by atoms with E-state index in [2.05, 4.69) is 72.8 Å². The molecule has 4 aromatic heterocycles. The summed E-state index contributed by atoms with van der Waals surface area (Å²) in [7, 11) is 2.22. The minimum Gasteiger partial charge on any atom is -0.476 e. The van der Waals surface area contributed by atoms with Gasteiger partial charge < -0.3 is 25.0 Å². The van der Waals surface area contributed by atoms with E-state index in [4.69, 9.17) is 19.8 Å². The van der Waals surface area contributed by atoms with Gasteiger partial charge in [0.25, 0.3) is 0 Å². The number of hydrogen-bond donors (Lipinski definition) is 2. The zero-order chi connectivity index (χ0) is 41.2. The van der Waals surface area contributed by atoms with Crippen molar-refractivity contribution in [3.8, 4) is 11.1 Å². The number of hydrogen-bond acceptors (Lipinski definition) is 11. The van der Waals surface area contributed by atoms with Crippen molar-refractivity contribution in [1.29, 1.82) is 0 Å². The van der Waals surface area contributed by atoms with Gasteiger partial charge in [-0.1, -0.05) is 57.1 Å². The van der Waals surface area contributed by atoms with Crippen LogP contribution in [-0.4, -0.2) is 84.8 Å². The van der Waals surface area contributed by atoms with Crippen molar-refractivity contribution < 1.29 is 14.6 Å². The number of benzene rings is 1. The van der Waals surface area contributed by atoms with Gasteiger partial charge in [-0.3, -0.25) is 4.68 Å². The van der Waals surface area contributed by atoms with Gasteiger partial charge in [-0.25, -0.2) is 14.8 Å². The van der Waals surface area contributed by atoms with Gasteiger partial charge in [-0.05, 0) is 126 Å². The molecule has 59 heavy (non-hydrogen) atoms. The maximum atomic E-state index is 13.0. The van der Waals surface area contributed by atoms with E-state index in [9.17, 15) is 9.90 Å². The smallest absolute Gasteiger partial charge is 0.355 e. The van der Waals surface area contributed by atoms with Gasteiger partial charge in [0.2, 0.25) is 0 Å². The lowest BCUT2D eigenvalue weighted by Gasteiger charge is -2.69. The first-order valence-corrected chi connectivity index (χ1v) is 22.5. The third-order valence-electron chi connectivity index (χ3n) is 13.8. The Balaban J connectivity index is 0.948. The molecule has 2 atom stereocenters. The molecule has 4 aliphatic carbocycles. The summed E-state index contributed by atoms with van der Waals surface area (Å²) < 4.78 is 10.3. The lowest BCUT2D eigenvalue weighted by atomic mass is 9.39. The summed E-state index contributed by atoms with van der Waals surface area (Å²) in [5.41, 5.74) is 5.82. The average Bonchev–Trinajstić information content (AvgIpc) is 3.75. The minimum atomic E-state index is -1.07. The Morgan fingerprint density at radius 3 is 2.53 bits per heavy atom. The van der Waals surface area contributed by atoms with Crippen molar-refractivity contribution in [3.63, 3.8) is 0 Å². The largest absolute Gasteiger partial charge is 0.476 e. The highest BCUT2D eigenvalue weighted by molar-refractivity contribution is 7.22. The third kappa shape index (κ3) is 7.63. The molecule has 0 amide bonds. The van der Waals surface area contributed by atoms with E-state index in [1.807, 2.05) is 41.4 Å². The van der Waals surface area contributed by atoms with Crippen molar-refractivity contribution in [1.82, 2.24) is 34.8 Å². The van der Waals surface area contributed by atoms with Crippen molar-refractivity contribution in [2.24, 2.45) is 16.2 Å². The van der Waals surface area contributed by atoms with Crippen LogP contribution in [0.3, 0.4) is 0 Å². The van der Waals surface area contributed by atoms with Crippen molar-refractivity contribution in [3.05, 3.63) is 65.1 Å². The number of carboxylic acid groups (broad SMARTS) is 1. The summed E-state index contributed by atoms with van der Waals surface area (Å²) in [6.45, 7) is 15.7. The van der Waals surface area contributed by atoms with Gasteiger partial charge in [0.15, 0.2) is 22.5 Å². The number of rotatable bonds is 15. The van der Waals surface area contributed by atoms with Gasteiger partial charge in [0.05, 0.1) is 28.6 Å². The molecule has 0 spiro atoms. The second kappa shape index (κ2) is 15.2. The van der Waals surface area contributed by atoms with Crippen LogP contribution in [0.5, 0.6) is 0 Å². The molecule has 2 N–H and O–H groups in total. The molecule has 5 aliphatic rings. The highest BCUT2D eigenvalue weighted by Gasteiger charge is 2.66. The van der Waals surface area contributed by atoms with Crippen LogP contribution in [0.2, 0.25) is 0 Å². The van der Waals surface area contributed by atoms with E-state index in [1.165, 1.54) is 38.5 Å². The number of carboxylic acids is 1. The first-order valence-electron chi connectivity index (χ1n) is 21.6. The second-order valence-corrected chi connectivity index (χ2v) is 20.3. The normalized spacial score (nSPS) is 25.9. The second-order valence-electron chi connectivity index (χ2n) is 19.2. The van der Waals surface area contributed by atoms with Crippen LogP contribution in [0.4, 0.5) is 22.6 Å². The molecule has 5 aromatic rings. The monoisotopic (exact) mass is 817 g/mol. The van der Waals surface area contributed by atoms with E-state index < -0.39 is 5.97 Å². The van der Waals surface area contributed by atoms with E-state index in [1.54, 1.807) is 11.3 Å². The molecule has 312 valence electrons. The summed E-state index contributed by atoms with van der Waals surface area (Å²) in [5.74, 6) is 0.862. The van der Waals surface area contributed by atoms with Gasteiger partial charge in [0.1, 0.15) is 5.82 Å². The lowest BCUT2D eigenvalue weighted by molar-refractivity contribution is -0.248. The zero-order valence-electron chi connectivity index (χ0n) is 35.6. The quantitative estimate of drug-likeness (QED) is 0.0978. The molecular formula is C46H59N9O3S. The fraction of sp³-hybridized carbons (Fsp3) is 0.565. The van der Waals surface area contributed by atoms with Crippen LogP contribution in [0, 0.1) is 30.1 Å². The fourth-order valence-electron chi connectivity index (χ4n) is 12.4. The number of para-hydroxylation sites is 1. The number of ether oxygens (including phenoxy) is 1. The lowest BCUT2D eigenvalue weighted by Crippen LogP contribution is -2.64. The van der Waals surface area contributed by atoms with Crippen molar-refractivity contribution >= 4 is 50.1 Å². The highest BCUT2D eigenvalue weighted by atomic mass is 32.1. The molecule has 1 aromatic carbocycles. The molecule has 4 bridgehead atoms. The summed E-state index contributed by atoms with van der Waals surface area (Å²) in [6.07, 6.45) is 14.2. The number of unbranched alkanes of at least 4 members (excludes halogenated alkanes) is 2. The fourth-order valence-corrected chi connectivity index (χ4v) is 13.3. The average molecular weight is 818 g/mol. The predicted molar refractivity (Wildman–Crippen MR) is 234 cm³/mol. The molecule has 0 radical (unpaired) electrons. The Hall–Kier alpha value is -4.46. The summed E-state index contributed by atoms with van der Waals surface area (Å²) in [5, 5.41) is 29.0. The summed E-state index contributed by atoms with van der Waals surface area (Å²) in [6, 6.07) is 11.9. The van der Waals surface area contributed by atoms with Crippen molar-refractivity contribution in [2.75, 3.05) is 43.5 Å². The minimum absolute atomic E-state index is 0.0120. The van der Waals surface area contributed by atoms with Gasteiger partial charge in [0, 0.05) is 47.6 Å². The number of fused-ring (bicyclic) bond motifs is 2. The Morgan fingerprint density at radius 1 is 0.966 bits per heavy atom. The predicted octanol–water partition coefficient (Wildman–Crippen LogP) is 9.75. The van der Waals surface area contributed by atoms with Gasteiger partial charge in [-0.15, -0.1) is 10.2 Å². The Kier molecular flexibility index (Phi) is 10.3. The highest BCUT2D eigenvalue weighted by Crippen LogP contribution is 2.72. The standard InChI is InChI=1S/C46H59N9O3S/c1-7-8-11-18-53(6)20-21-58-46-26-43(4)23-44(5,27-46)25-45(24-43,28-46)29-55-31(3)34(22-47-55)33-16-17-37(49-38(33)41(56)57)54-19-12-13-32-30(2)39(51-52-40(32)54)50-42-48-35-14-9-10-15-36(35)59-42/h9-10,14-17,22H,7-8,11-13,18-21,23-29H2,1-6H3,(H,56,57)(H,48,50,51). The van der Waals surface area contributed by atoms with Crippen LogP contribution in [0.15, 0.2) is 42.6 Å². The molecule has 4 saturated carbocycles. The molecule has 1 aliphatic heterocycles. The van der Waals surface area contributed by atoms with Crippen LogP contribution in [0.25, 0.3) is 21.3 Å². The summed E-state index contributed by atoms with van der Waals surface area (Å²) >= 11 is 1.58. The number of nitrogens with zero attached hydrogens (tertiary/aromatic N) is 8. The Bertz CT molecular complexity index is 2340. The van der Waals surface area contributed by atoms with Crippen LogP contribution in [-0.2, 0) is 17.7 Å². The van der Waals surface area contributed by atoms with E-state index >= 15 is 0 Å². The maximum Gasteiger partial charge on any atom is 0.355 e. The number of likely N-dealkylation sites (N-methyl/N-ethyl adjacent to an activating group) is 1. The molecule has 10 rings (SSSR count). The number of pyridine rings is 1. The first-order chi connectivity index (χ1) is 28.3. The first kappa shape index (κ1) is 40.0. The van der Waals surface area contributed by atoms with E-state index in [0.717, 1.165) is 96.1 Å². The number of thiazole rings is 1. The number of aromatic nitrogens is 6. The molecule has 2 unspecified atom stereocenters. The van der Waals surface area contributed by atoms with Crippen LogP contribution >= 0.6 is 11.3 Å². The molecule has 4 fully saturated rings. The Morgan fingerprint density at radius 2 is 1.76 bits per heavy atom. The summed E-state index contributed by atoms with van der Waals surface area (Å²) in [4.78, 5) is 26.9. The van der Waals surface area contributed by atoms with Gasteiger partial charge >= 0.3 is 5.97 Å².